The van der Waals surface area contributed by atoms with Gasteiger partial charge < -0.3 is 15.6 Å². The van der Waals surface area contributed by atoms with Crippen molar-refractivity contribution in [3.05, 3.63) is 65.2 Å². The first-order valence-electron chi connectivity index (χ1n) is 6.80. The van der Waals surface area contributed by atoms with E-state index in [4.69, 9.17) is 15.6 Å². The lowest BCUT2D eigenvalue weighted by atomic mass is 10.1. The average molecular weight is 285 g/mol. The monoisotopic (exact) mass is 285 g/mol. The highest BCUT2D eigenvalue weighted by Crippen LogP contribution is 2.15. The van der Waals surface area contributed by atoms with E-state index >= 15 is 0 Å². The Labute approximate surface area is 124 Å². The van der Waals surface area contributed by atoms with Crippen molar-refractivity contribution < 1.29 is 14.6 Å². The van der Waals surface area contributed by atoms with Crippen molar-refractivity contribution in [2.24, 2.45) is 5.73 Å². The number of benzene rings is 2. The predicted octanol–water partition coefficient (Wildman–Crippen LogP) is 2.53. The molecule has 0 fully saturated rings. The first kappa shape index (κ1) is 15.1. The van der Waals surface area contributed by atoms with E-state index in [1.807, 2.05) is 43.3 Å². The Morgan fingerprint density at radius 2 is 1.67 bits per heavy atom. The molecule has 110 valence electrons. The molecule has 0 saturated carbocycles. The number of rotatable bonds is 6. The Morgan fingerprint density at radius 1 is 1.10 bits per heavy atom. The molecule has 1 atom stereocenters. The standard InChI is InChI=1S/C17H19NO3/c1-12-2-4-14(5-3-12)11-21-15-8-6-13(7-9-15)10-16(18)17(19)20/h2-9,16H,10-11,18H2,1H3,(H,19,20)/t16-/m0/s1. The summed E-state index contributed by atoms with van der Waals surface area (Å²) in [6.45, 7) is 2.56. The highest BCUT2D eigenvalue weighted by Gasteiger charge is 2.11. The number of carbonyl (C=O) groups is 1. The van der Waals surface area contributed by atoms with Crippen LogP contribution >= 0.6 is 0 Å². The minimum absolute atomic E-state index is 0.313. The van der Waals surface area contributed by atoms with Gasteiger partial charge in [0, 0.05) is 0 Å². The Balaban J connectivity index is 1.90. The molecule has 2 rings (SSSR count). The molecule has 4 nitrogen and oxygen atoms in total. The van der Waals surface area contributed by atoms with Crippen LogP contribution in [0.15, 0.2) is 48.5 Å². The van der Waals surface area contributed by atoms with Crippen LogP contribution < -0.4 is 10.5 Å². The molecule has 0 saturated heterocycles. The molecule has 0 bridgehead atoms. The third-order valence-corrected chi connectivity index (χ3v) is 3.22. The maximum absolute atomic E-state index is 10.7. The van der Waals surface area contributed by atoms with E-state index in [1.54, 1.807) is 0 Å². The fourth-order valence-corrected chi connectivity index (χ4v) is 1.91. The van der Waals surface area contributed by atoms with E-state index in [0.29, 0.717) is 13.0 Å². The van der Waals surface area contributed by atoms with Gasteiger partial charge in [0.2, 0.25) is 0 Å². The van der Waals surface area contributed by atoms with Crippen molar-refractivity contribution >= 4 is 5.97 Å². The zero-order valence-corrected chi connectivity index (χ0v) is 12.0. The fourth-order valence-electron chi connectivity index (χ4n) is 1.91. The largest absolute Gasteiger partial charge is 0.489 e. The van der Waals surface area contributed by atoms with Crippen LogP contribution in [0.3, 0.4) is 0 Å². The maximum Gasteiger partial charge on any atom is 0.320 e. The molecular formula is C17H19NO3. The van der Waals surface area contributed by atoms with Crippen molar-refractivity contribution in [3.63, 3.8) is 0 Å². The Hall–Kier alpha value is -2.33. The first-order chi connectivity index (χ1) is 10.0. The SMILES string of the molecule is Cc1ccc(COc2ccc(C[C@H](N)C(=O)O)cc2)cc1. The highest BCUT2D eigenvalue weighted by atomic mass is 16.5. The van der Waals surface area contributed by atoms with Gasteiger partial charge in [0.25, 0.3) is 0 Å². The second kappa shape index (κ2) is 6.90. The van der Waals surface area contributed by atoms with E-state index in [-0.39, 0.29) is 0 Å². The molecule has 0 aliphatic rings. The second-order valence-corrected chi connectivity index (χ2v) is 5.07. The van der Waals surface area contributed by atoms with Crippen molar-refractivity contribution in [3.8, 4) is 5.75 Å². The van der Waals surface area contributed by atoms with Crippen LogP contribution in [-0.2, 0) is 17.8 Å². The van der Waals surface area contributed by atoms with E-state index < -0.39 is 12.0 Å². The molecule has 4 heteroatoms. The van der Waals surface area contributed by atoms with Crippen LogP contribution in [0.25, 0.3) is 0 Å². The zero-order valence-electron chi connectivity index (χ0n) is 12.0. The second-order valence-electron chi connectivity index (χ2n) is 5.07. The lowest BCUT2D eigenvalue weighted by Gasteiger charge is -2.09. The molecule has 0 radical (unpaired) electrons. The van der Waals surface area contributed by atoms with Gasteiger partial charge in [-0.2, -0.15) is 0 Å². The van der Waals surface area contributed by atoms with Crippen LogP contribution in [0.1, 0.15) is 16.7 Å². The molecular weight excluding hydrogens is 266 g/mol. The summed E-state index contributed by atoms with van der Waals surface area (Å²) in [6.07, 6.45) is 0.313. The number of aryl methyl sites for hydroxylation is 1. The third-order valence-electron chi connectivity index (χ3n) is 3.22. The Kier molecular flexibility index (Phi) is 4.95. The molecule has 3 N–H and O–H groups in total. The van der Waals surface area contributed by atoms with Gasteiger partial charge in [0.1, 0.15) is 18.4 Å². The maximum atomic E-state index is 10.7. The van der Waals surface area contributed by atoms with Crippen molar-refractivity contribution in [1.29, 1.82) is 0 Å². The van der Waals surface area contributed by atoms with E-state index in [2.05, 4.69) is 12.1 Å². The molecule has 0 aliphatic carbocycles. The van der Waals surface area contributed by atoms with E-state index in [0.717, 1.165) is 16.9 Å². The molecule has 0 heterocycles. The summed E-state index contributed by atoms with van der Waals surface area (Å²) in [5.74, 6) is -0.238. The van der Waals surface area contributed by atoms with Gasteiger partial charge in [0.15, 0.2) is 0 Å². The van der Waals surface area contributed by atoms with Gasteiger partial charge in [-0.1, -0.05) is 42.0 Å². The fraction of sp³-hybridized carbons (Fsp3) is 0.235. The molecule has 21 heavy (non-hydrogen) atoms. The number of aliphatic carboxylic acids is 1. The number of carboxylic acids is 1. The summed E-state index contributed by atoms with van der Waals surface area (Å²) in [6, 6.07) is 14.6. The summed E-state index contributed by atoms with van der Waals surface area (Å²) in [5, 5.41) is 8.78. The zero-order chi connectivity index (χ0) is 15.2. The number of nitrogens with two attached hydrogens (primary N) is 1. The van der Waals surface area contributed by atoms with Crippen molar-refractivity contribution in [1.82, 2.24) is 0 Å². The molecule has 0 spiro atoms. The summed E-state index contributed by atoms with van der Waals surface area (Å²) in [4.78, 5) is 10.7. The molecule has 0 aliphatic heterocycles. The number of hydrogen-bond acceptors (Lipinski definition) is 3. The number of hydrogen-bond donors (Lipinski definition) is 2. The smallest absolute Gasteiger partial charge is 0.320 e. The third kappa shape index (κ3) is 4.61. The summed E-state index contributed by atoms with van der Waals surface area (Å²) >= 11 is 0. The number of carboxylic acid groups (broad SMARTS) is 1. The molecule has 0 amide bonds. The first-order valence-corrected chi connectivity index (χ1v) is 6.80. The average Bonchev–Trinajstić information content (AvgIpc) is 2.48. The predicted molar refractivity (Wildman–Crippen MR) is 81.3 cm³/mol. The minimum Gasteiger partial charge on any atom is -0.489 e. The summed E-state index contributed by atoms with van der Waals surface area (Å²) in [5.41, 5.74) is 8.71. The lowest BCUT2D eigenvalue weighted by Crippen LogP contribution is -2.32. The van der Waals surface area contributed by atoms with Gasteiger partial charge in [-0.3, -0.25) is 4.79 Å². The Morgan fingerprint density at radius 3 is 2.24 bits per heavy atom. The normalized spacial score (nSPS) is 11.9. The topological polar surface area (TPSA) is 72.5 Å². The molecule has 0 unspecified atom stereocenters. The van der Waals surface area contributed by atoms with Crippen LogP contribution in [0.5, 0.6) is 5.75 Å². The molecule has 0 aromatic heterocycles. The minimum atomic E-state index is -0.991. The van der Waals surface area contributed by atoms with Gasteiger partial charge >= 0.3 is 5.97 Å². The van der Waals surface area contributed by atoms with E-state index in [1.165, 1.54) is 5.56 Å². The number of ether oxygens (including phenoxy) is 1. The van der Waals surface area contributed by atoms with Gasteiger partial charge in [-0.15, -0.1) is 0 Å². The van der Waals surface area contributed by atoms with Crippen LogP contribution in [0.4, 0.5) is 0 Å². The summed E-state index contributed by atoms with van der Waals surface area (Å²) < 4.78 is 5.69. The van der Waals surface area contributed by atoms with Crippen LogP contribution in [0.2, 0.25) is 0 Å². The Bertz CT molecular complexity index is 590. The molecule has 2 aromatic rings. The van der Waals surface area contributed by atoms with Crippen LogP contribution in [-0.4, -0.2) is 17.1 Å². The van der Waals surface area contributed by atoms with Gasteiger partial charge in [0.05, 0.1) is 0 Å². The van der Waals surface area contributed by atoms with Crippen molar-refractivity contribution in [2.75, 3.05) is 0 Å². The highest BCUT2D eigenvalue weighted by molar-refractivity contribution is 5.73. The molecule has 2 aromatic carbocycles. The van der Waals surface area contributed by atoms with Gasteiger partial charge in [-0.05, 0) is 36.6 Å². The summed E-state index contributed by atoms with van der Waals surface area (Å²) in [7, 11) is 0. The van der Waals surface area contributed by atoms with Gasteiger partial charge in [-0.25, -0.2) is 0 Å². The van der Waals surface area contributed by atoms with Crippen molar-refractivity contribution in [2.45, 2.75) is 26.0 Å². The quantitative estimate of drug-likeness (QED) is 0.855. The van der Waals surface area contributed by atoms with Crippen LogP contribution in [0, 0.1) is 6.92 Å². The van der Waals surface area contributed by atoms with E-state index in [9.17, 15) is 4.79 Å². The lowest BCUT2D eigenvalue weighted by molar-refractivity contribution is -0.138.